The molecule has 0 saturated carbocycles. The Bertz CT molecular complexity index is 1070. The van der Waals surface area contributed by atoms with Crippen molar-refractivity contribution in [1.29, 1.82) is 0 Å². The van der Waals surface area contributed by atoms with Gasteiger partial charge in [-0.05, 0) is 55.4 Å². The van der Waals surface area contributed by atoms with Crippen LogP contribution in [0.3, 0.4) is 0 Å². The standard InChI is InChI=1S/C26H28N2O5/c1-3-33-23(29)16-21(17-7-5-4-6-8-17)18-11-13-28(14-12-18)24(30)19-9-10-20-22(15-19)26(32)27(2)25(20)31/h4-10,15,18,21H,3,11-14,16H2,1-2H3/t21-/m0/s1. The Labute approximate surface area is 193 Å². The number of benzene rings is 2. The monoisotopic (exact) mass is 448 g/mol. The first-order valence-electron chi connectivity index (χ1n) is 11.4. The summed E-state index contributed by atoms with van der Waals surface area (Å²) in [5, 5.41) is 0. The van der Waals surface area contributed by atoms with Gasteiger partial charge in [0.05, 0.1) is 24.2 Å². The highest BCUT2D eigenvalue weighted by Crippen LogP contribution is 2.36. The number of amides is 3. The normalized spacial score (nSPS) is 17.2. The topological polar surface area (TPSA) is 84.0 Å². The number of rotatable bonds is 6. The van der Waals surface area contributed by atoms with Crippen LogP contribution in [0.2, 0.25) is 0 Å². The molecule has 1 fully saturated rings. The van der Waals surface area contributed by atoms with Gasteiger partial charge in [0.2, 0.25) is 0 Å². The van der Waals surface area contributed by atoms with Crippen molar-refractivity contribution < 1.29 is 23.9 Å². The number of fused-ring (bicyclic) bond motifs is 1. The minimum Gasteiger partial charge on any atom is -0.466 e. The Hall–Kier alpha value is -3.48. The molecular weight excluding hydrogens is 420 g/mol. The molecule has 2 aromatic carbocycles. The summed E-state index contributed by atoms with van der Waals surface area (Å²) >= 11 is 0. The third-order valence-corrected chi connectivity index (χ3v) is 6.65. The fourth-order valence-electron chi connectivity index (χ4n) is 4.84. The number of hydrogen-bond donors (Lipinski definition) is 0. The summed E-state index contributed by atoms with van der Waals surface area (Å²) in [4.78, 5) is 52.6. The largest absolute Gasteiger partial charge is 0.466 e. The van der Waals surface area contributed by atoms with Crippen LogP contribution in [-0.4, -0.2) is 60.2 Å². The van der Waals surface area contributed by atoms with Gasteiger partial charge in [0.25, 0.3) is 17.7 Å². The molecule has 0 unspecified atom stereocenters. The van der Waals surface area contributed by atoms with Gasteiger partial charge in [0.1, 0.15) is 0 Å². The second-order valence-corrected chi connectivity index (χ2v) is 8.59. The quantitative estimate of drug-likeness (QED) is 0.499. The number of nitrogens with zero attached hydrogens (tertiary/aromatic N) is 2. The first-order valence-corrected chi connectivity index (χ1v) is 11.4. The van der Waals surface area contributed by atoms with Crippen molar-refractivity contribution >= 4 is 23.7 Å². The summed E-state index contributed by atoms with van der Waals surface area (Å²) < 4.78 is 5.20. The highest BCUT2D eigenvalue weighted by molar-refractivity contribution is 6.21. The van der Waals surface area contributed by atoms with Crippen molar-refractivity contribution in [3.05, 3.63) is 70.8 Å². The van der Waals surface area contributed by atoms with Gasteiger partial charge in [-0.2, -0.15) is 0 Å². The summed E-state index contributed by atoms with van der Waals surface area (Å²) in [6, 6.07) is 14.7. The summed E-state index contributed by atoms with van der Waals surface area (Å²) in [6.07, 6.45) is 1.87. The van der Waals surface area contributed by atoms with E-state index in [0.717, 1.165) is 23.3 Å². The van der Waals surface area contributed by atoms with Crippen LogP contribution in [0.25, 0.3) is 0 Å². The smallest absolute Gasteiger partial charge is 0.306 e. The molecule has 7 heteroatoms. The van der Waals surface area contributed by atoms with E-state index in [0.29, 0.717) is 37.2 Å². The average molecular weight is 449 g/mol. The van der Waals surface area contributed by atoms with Gasteiger partial charge < -0.3 is 9.64 Å². The van der Waals surface area contributed by atoms with Crippen LogP contribution in [0.15, 0.2) is 48.5 Å². The molecule has 0 radical (unpaired) electrons. The lowest BCUT2D eigenvalue weighted by Gasteiger charge is -2.36. The van der Waals surface area contributed by atoms with Crippen LogP contribution >= 0.6 is 0 Å². The van der Waals surface area contributed by atoms with E-state index in [4.69, 9.17) is 4.74 Å². The van der Waals surface area contributed by atoms with Gasteiger partial charge >= 0.3 is 5.97 Å². The molecule has 2 aliphatic heterocycles. The van der Waals surface area contributed by atoms with Crippen molar-refractivity contribution in [2.24, 2.45) is 5.92 Å². The van der Waals surface area contributed by atoms with Crippen LogP contribution in [0, 0.1) is 5.92 Å². The Morgan fingerprint density at radius 1 is 1.00 bits per heavy atom. The van der Waals surface area contributed by atoms with Gasteiger partial charge in [-0.25, -0.2) is 0 Å². The Balaban J connectivity index is 1.45. The Kier molecular flexibility index (Phi) is 6.58. The van der Waals surface area contributed by atoms with E-state index in [2.05, 4.69) is 0 Å². The molecule has 33 heavy (non-hydrogen) atoms. The number of carbonyl (C=O) groups excluding carboxylic acids is 4. The van der Waals surface area contributed by atoms with E-state index in [1.54, 1.807) is 24.0 Å². The lowest BCUT2D eigenvalue weighted by molar-refractivity contribution is -0.144. The first-order chi connectivity index (χ1) is 15.9. The van der Waals surface area contributed by atoms with Crippen molar-refractivity contribution in [2.75, 3.05) is 26.7 Å². The van der Waals surface area contributed by atoms with Crippen molar-refractivity contribution in [1.82, 2.24) is 9.80 Å². The zero-order valence-corrected chi connectivity index (χ0v) is 19.0. The van der Waals surface area contributed by atoms with E-state index < -0.39 is 0 Å². The number of esters is 1. The summed E-state index contributed by atoms with van der Waals surface area (Å²) in [6.45, 7) is 3.30. The fraction of sp³-hybridized carbons (Fsp3) is 0.385. The highest BCUT2D eigenvalue weighted by atomic mass is 16.5. The second kappa shape index (κ2) is 9.57. The zero-order valence-electron chi connectivity index (χ0n) is 19.0. The van der Waals surface area contributed by atoms with E-state index in [9.17, 15) is 19.2 Å². The predicted molar refractivity (Wildman–Crippen MR) is 122 cm³/mol. The molecule has 0 bridgehead atoms. The third kappa shape index (κ3) is 4.53. The highest BCUT2D eigenvalue weighted by Gasteiger charge is 2.35. The minimum absolute atomic E-state index is 0.0432. The molecule has 0 N–H and O–H groups in total. The van der Waals surface area contributed by atoms with Crippen molar-refractivity contribution in [3.63, 3.8) is 0 Å². The SMILES string of the molecule is CCOC(=O)C[C@@H](c1ccccc1)C1CCN(C(=O)c2ccc3c(c2)C(=O)N(C)C3=O)CC1. The summed E-state index contributed by atoms with van der Waals surface area (Å²) in [7, 11) is 1.44. The molecule has 1 atom stereocenters. The van der Waals surface area contributed by atoms with Gasteiger partial charge in [0.15, 0.2) is 0 Å². The van der Waals surface area contributed by atoms with Gasteiger partial charge in [-0.1, -0.05) is 30.3 Å². The average Bonchev–Trinajstić information content (AvgIpc) is 3.06. The maximum atomic E-state index is 13.1. The van der Waals surface area contributed by atoms with Crippen LogP contribution < -0.4 is 0 Å². The van der Waals surface area contributed by atoms with Gasteiger partial charge in [-0.15, -0.1) is 0 Å². The number of hydrogen-bond acceptors (Lipinski definition) is 5. The molecule has 172 valence electrons. The molecule has 2 aromatic rings. The van der Waals surface area contributed by atoms with Crippen LogP contribution in [-0.2, 0) is 9.53 Å². The first kappa shape index (κ1) is 22.7. The molecule has 0 spiro atoms. The molecule has 1 saturated heterocycles. The summed E-state index contributed by atoms with van der Waals surface area (Å²) in [5.41, 5.74) is 2.14. The number of ether oxygens (including phenoxy) is 1. The van der Waals surface area contributed by atoms with Gasteiger partial charge in [-0.3, -0.25) is 24.1 Å². The minimum atomic E-state index is -0.381. The number of imide groups is 1. The zero-order chi connectivity index (χ0) is 23.5. The van der Waals surface area contributed by atoms with E-state index in [1.807, 2.05) is 30.3 Å². The molecule has 7 nitrogen and oxygen atoms in total. The lowest BCUT2D eigenvalue weighted by atomic mass is 9.78. The number of carbonyl (C=O) groups is 4. The van der Waals surface area contributed by atoms with E-state index in [1.165, 1.54) is 13.1 Å². The Morgan fingerprint density at radius 2 is 1.67 bits per heavy atom. The van der Waals surface area contributed by atoms with Crippen molar-refractivity contribution in [2.45, 2.75) is 32.1 Å². The van der Waals surface area contributed by atoms with Crippen LogP contribution in [0.4, 0.5) is 0 Å². The van der Waals surface area contributed by atoms with E-state index >= 15 is 0 Å². The maximum absolute atomic E-state index is 13.1. The summed E-state index contributed by atoms with van der Waals surface area (Å²) in [5.74, 6) is -0.772. The second-order valence-electron chi connectivity index (χ2n) is 8.59. The fourth-order valence-corrected chi connectivity index (χ4v) is 4.84. The van der Waals surface area contributed by atoms with E-state index in [-0.39, 0.29) is 41.1 Å². The van der Waals surface area contributed by atoms with Crippen molar-refractivity contribution in [3.8, 4) is 0 Å². The molecule has 0 aliphatic carbocycles. The third-order valence-electron chi connectivity index (χ3n) is 6.65. The lowest BCUT2D eigenvalue weighted by Crippen LogP contribution is -2.40. The maximum Gasteiger partial charge on any atom is 0.306 e. The predicted octanol–water partition coefficient (Wildman–Crippen LogP) is 3.50. The molecular formula is C26H28N2O5. The number of likely N-dealkylation sites (tertiary alicyclic amines) is 1. The Morgan fingerprint density at radius 3 is 2.33 bits per heavy atom. The molecule has 2 heterocycles. The molecule has 4 rings (SSSR count). The van der Waals surface area contributed by atoms with Crippen LogP contribution in [0.5, 0.6) is 0 Å². The molecule has 2 aliphatic rings. The number of piperidine rings is 1. The van der Waals surface area contributed by atoms with Gasteiger partial charge in [0, 0.05) is 25.7 Å². The molecule has 0 aromatic heterocycles. The van der Waals surface area contributed by atoms with Crippen LogP contribution in [0.1, 0.15) is 68.7 Å². The molecule has 3 amide bonds.